The molecule has 1 heterocycles. The van der Waals surface area contributed by atoms with Gasteiger partial charge in [-0.25, -0.2) is 0 Å². The van der Waals surface area contributed by atoms with E-state index in [1.807, 2.05) is 18.2 Å². The molecule has 1 unspecified atom stereocenters. The Labute approximate surface area is 96.9 Å². The van der Waals surface area contributed by atoms with E-state index in [9.17, 15) is 5.11 Å². The molecule has 3 heteroatoms. The maximum absolute atomic E-state index is 9.50. The van der Waals surface area contributed by atoms with Gasteiger partial charge in [0, 0.05) is 12.6 Å². The Morgan fingerprint density at radius 2 is 2.00 bits per heavy atom. The van der Waals surface area contributed by atoms with E-state index in [2.05, 4.69) is 4.90 Å². The summed E-state index contributed by atoms with van der Waals surface area (Å²) in [6, 6.07) is 7.72. The Bertz CT molecular complexity index is 334. The standard InChI is InChI=1S/C13H20N2O/c14-10-13(15-7-2-1-3-8-15)11-5-4-6-12(16)9-11/h4-6,9,13,16H,1-3,7-8,10,14H2. The van der Waals surface area contributed by atoms with Crippen molar-refractivity contribution in [3.63, 3.8) is 0 Å². The molecule has 1 aliphatic heterocycles. The number of likely N-dealkylation sites (tertiary alicyclic amines) is 1. The number of phenols is 1. The average molecular weight is 220 g/mol. The fraction of sp³-hybridized carbons (Fsp3) is 0.538. The predicted molar refractivity (Wildman–Crippen MR) is 65.3 cm³/mol. The molecule has 0 saturated carbocycles. The number of nitrogens with two attached hydrogens (primary N) is 1. The zero-order valence-electron chi connectivity index (χ0n) is 9.60. The van der Waals surface area contributed by atoms with Crippen molar-refractivity contribution >= 4 is 0 Å². The van der Waals surface area contributed by atoms with E-state index in [1.165, 1.54) is 19.3 Å². The first-order chi connectivity index (χ1) is 7.81. The highest BCUT2D eigenvalue weighted by Crippen LogP contribution is 2.25. The molecule has 1 saturated heterocycles. The van der Waals surface area contributed by atoms with Gasteiger partial charge in [0.15, 0.2) is 0 Å². The number of hydrogen-bond acceptors (Lipinski definition) is 3. The Morgan fingerprint density at radius 3 is 2.62 bits per heavy atom. The summed E-state index contributed by atoms with van der Waals surface area (Å²) >= 11 is 0. The lowest BCUT2D eigenvalue weighted by Crippen LogP contribution is -2.37. The molecule has 1 aromatic rings. The second-order valence-electron chi connectivity index (χ2n) is 4.44. The summed E-state index contributed by atoms with van der Waals surface area (Å²) in [6.45, 7) is 2.86. The van der Waals surface area contributed by atoms with Gasteiger partial charge in [0.25, 0.3) is 0 Å². The third-order valence-corrected chi connectivity index (χ3v) is 3.31. The molecule has 88 valence electrons. The number of benzene rings is 1. The van der Waals surface area contributed by atoms with Crippen molar-refractivity contribution in [2.24, 2.45) is 5.73 Å². The van der Waals surface area contributed by atoms with E-state index < -0.39 is 0 Å². The molecule has 3 nitrogen and oxygen atoms in total. The Kier molecular flexibility index (Phi) is 3.80. The van der Waals surface area contributed by atoms with E-state index in [0.717, 1.165) is 18.7 Å². The summed E-state index contributed by atoms with van der Waals surface area (Å²) in [5.74, 6) is 0.327. The van der Waals surface area contributed by atoms with Crippen LogP contribution in [0.3, 0.4) is 0 Å². The highest BCUT2D eigenvalue weighted by atomic mass is 16.3. The summed E-state index contributed by atoms with van der Waals surface area (Å²) in [6.07, 6.45) is 3.85. The molecule has 3 N–H and O–H groups in total. The van der Waals surface area contributed by atoms with Gasteiger partial charge < -0.3 is 10.8 Å². The fourth-order valence-electron chi connectivity index (χ4n) is 2.46. The SMILES string of the molecule is NCC(c1cccc(O)c1)N1CCCCC1. The molecule has 1 aromatic carbocycles. The third kappa shape index (κ3) is 2.54. The van der Waals surface area contributed by atoms with E-state index in [1.54, 1.807) is 6.07 Å². The summed E-state index contributed by atoms with van der Waals surface area (Å²) in [4.78, 5) is 2.43. The van der Waals surface area contributed by atoms with Crippen LogP contribution in [-0.4, -0.2) is 29.6 Å². The number of hydrogen-bond donors (Lipinski definition) is 2. The van der Waals surface area contributed by atoms with Gasteiger partial charge in [0.2, 0.25) is 0 Å². The van der Waals surface area contributed by atoms with Gasteiger partial charge in [-0.2, -0.15) is 0 Å². The lowest BCUT2D eigenvalue weighted by molar-refractivity contribution is 0.167. The van der Waals surface area contributed by atoms with Crippen molar-refractivity contribution < 1.29 is 5.11 Å². The molecular weight excluding hydrogens is 200 g/mol. The predicted octanol–water partition coefficient (Wildman–Crippen LogP) is 1.88. The lowest BCUT2D eigenvalue weighted by Gasteiger charge is -2.34. The summed E-state index contributed by atoms with van der Waals surface area (Å²) in [5.41, 5.74) is 6.99. The van der Waals surface area contributed by atoms with Crippen LogP contribution in [0.1, 0.15) is 30.9 Å². The van der Waals surface area contributed by atoms with Crippen molar-refractivity contribution in [3.8, 4) is 5.75 Å². The fourth-order valence-corrected chi connectivity index (χ4v) is 2.46. The van der Waals surface area contributed by atoms with Crippen LogP contribution in [0.15, 0.2) is 24.3 Å². The molecule has 1 atom stereocenters. The Hall–Kier alpha value is -1.06. The van der Waals surface area contributed by atoms with Crippen molar-refractivity contribution in [2.45, 2.75) is 25.3 Å². The number of piperidine rings is 1. The van der Waals surface area contributed by atoms with E-state index in [-0.39, 0.29) is 6.04 Å². The lowest BCUT2D eigenvalue weighted by atomic mass is 10.0. The van der Waals surface area contributed by atoms with Crippen LogP contribution in [0.2, 0.25) is 0 Å². The van der Waals surface area contributed by atoms with Gasteiger partial charge >= 0.3 is 0 Å². The minimum absolute atomic E-state index is 0.257. The Balaban J connectivity index is 2.14. The molecule has 16 heavy (non-hydrogen) atoms. The Morgan fingerprint density at radius 1 is 1.25 bits per heavy atom. The van der Waals surface area contributed by atoms with Crippen LogP contribution in [0.5, 0.6) is 5.75 Å². The zero-order chi connectivity index (χ0) is 11.4. The van der Waals surface area contributed by atoms with Crippen molar-refractivity contribution in [1.82, 2.24) is 4.90 Å². The molecule has 0 radical (unpaired) electrons. The monoisotopic (exact) mass is 220 g/mol. The highest BCUT2D eigenvalue weighted by Gasteiger charge is 2.20. The van der Waals surface area contributed by atoms with Gasteiger partial charge in [0.1, 0.15) is 5.75 Å². The quantitative estimate of drug-likeness (QED) is 0.817. The smallest absolute Gasteiger partial charge is 0.115 e. The zero-order valence-corrected chi connectivity index (χ0v) is 9.60. The average Bonchev–Trinajstić information content (AvgIpc) is 2.31. The van der Waals surface area contributed by atoms with Crippen LogP contribution in [0.25, 0.3) is 0 Å². The van der Waals surface area contributed by atoms with Crippen LogP contribution < -0.4 is 5.73 Å². The van der Waals surface area contributed by atoms with E-state index in [0.29, 0.717) is 12.3 Å². The molecule has 1 aliphatic rings. The normalized spacial score (nSPS) is 19.6. The maximum Gasteiger partial charge on any atom is 0.115 e. The second kappa shape index (κ2) is 5.32. The molecule has 0 amide bonds. The molecule has 1 fully saturated rings. The largest absolute Gasteiger partial charge is 0.508 e. The highest BCUT2D eigenvalue weighted by molar-refractivity contribution is 5.29. The first-order valence-corrected chi connectivity index (χ1v) is 6.04. The summed E-state index contributed by atoms with van der Waals surface area (Å²) < 4.78 is 0. The van der Waals surface area contributed by atoms with Gasteiger partial charge in [-0.1, -0.05) is 18.6 Å². The van der Waals surface area contributed by atoms with Gasteiger partial charge in [-0.15, -0.1) is 0 Å². The van der Waals surface area contributed by atoms with Crippen LogP contribution in [0.4, 0.5) is 0 Å². The van der Waals surface area contributed by atoms with Gasteiger partial charge in [-0.3, -0.25) is 4.90 Å². The van der Waals surface area contributed by atoms with Gasteiger partial charge in [-0.05, 0) is 43.6 Å². The topological polar surface area (TPSA) is 49.5 Å². The number of nitrogens with zero attached hydrogens (tertiary/aromatic N) is 1. The maximum atomic E-state index is 9.50. The van der Waals surface area contributed by atoms with Crippen LogP contribution in [0, 0.1) is 0 Å². The first kappa shape index (κ1) is 11.4. The minimum Gasteiger partial charge on any atom is -0.508 e. The molecular formula is C13H20N2O. The molecule has 2 rings (SSSR count). The number of phenolic OH excluding ortho intramolecular Hbond substituents is 1. The van der Waals surface area contributed by atoms with Gasteiger partial charge in [0.05, 0.1) is 0 Å². The third-order valence-electron chi connectivity index (χ3n) is 3.31. The molecule has 0 spiro atoms. The summed E-state index contributed by atoms with van der Waals surface area (Å²) in [5, 5.41) is 9.50. The summed E-state index contributed by atoms with van der Waals surface area (Å²) in [7, 11) is 0. The van der Waals surface area contributed by atoms with E-state index in [4.69, 9.17) is 5.73 Å². The molecule has 0 bridgehead atoms. The van der Waals surface area contributed by atoms with Crippen LogP contribution >= 0.6 is 0 Å². The second-order valence-corrected chi connectivity index (χ2v) is 4.44. The molecule has 0 aromatic heterocycles. The van der Waals surface area contributed by atoms with Crippen molar-refractivity contribution in [1.29, 1.82) is 0 Å². The van der Waals surface area contributed by atoms with Crippen molar-refractivity contribution in [3.05, 3.63) is 29.8 Å². The van der Waals surface area contributed by atoms with E-state index >= 15 is 0 Å². The minimum atomic E-state index is 0.257. The van der Waals surface area contributed by atoms with Crippen LogP contribution in [-0.2, 0) is 0 Å². The van der Waals surface area contributed by atoms with Crippen molar-refractivity contribution in [2.75, 3.05) is 19.6 Å². The molecule has 0 aliphatic carbocycles. The first-order valence-electron chi connectivity index (χ1n) is 6.04. The number of aromatic hydroxyl groups is 1. The number of rotatable bonds is 3.